The molecule has 2 aromatic carbocycles. The lowest BCUT2D eigenvalue weighted by molar-refractivity contribution is -0.157. The number of anilines is 2. The standard InChI is InChI=1S/C42H55N3O10S/c1-24(2)39(48)54-34-22-36(47)45(6)30-20-27(21-31(51-7)37(30)28-14-16-29(17-15-28)43-35(46)13-10-18-56)19-25(3)11-9-12-33(52-8)42(50)23-32(53-40(49)44-42)26(4)38-41(34,5)55-38/h9,11-12,14-17,20-21,24,26,32-34,38,50,56H,10,13,18-19,22-23H2,1-8H3,(H,43,46)(H,44,49)/b12-9+,25-11+/t26-,32+,33-,34+,38+,41+,42+/m1/s1. The SMILES string of the molecule is COc1cc2cc(c1-c1ccc(NC(=O)CCCS)cc1)N(C)C(=O)C[C@H](OC(=O)C(C)C)[C@]1(C)O[C@H]1[C@H](C)[C@@H]1C[C@@](O)(NC(=O)O1)[C@H](OC)/C=C/C=C(\C)C2. The van der Waals surface area contributed by atoms with Crippen molar-refractivity contribution in [2.45, 2.75) is 102 Å². The fraction of sp³-hybridized carbons (Fsp3) is 0.524. The molecule has 0 unspecified atom stereocenters. The summed E-state index contributed by atoms with van der Waals surface area (Å²) in [6, 6.07) is 11.2. The molecule has 304 valence electrons. The molecule has 3 aliphatic heterocycles. The molecule has 3 amide bonds. The number of amides is 3. The summed E-state index contributed by atoms with van der Waals surface area (Å²) >= 11 is 4.19. The van der Waals surface area contributed by atoms with Crippen LogP contribution in [0.4, 0.5) is 16.2 Å². The molecule has 2 fully saturated rings. The quantitative estimate of drug-likeness (QED) is 0.135. The van der Waals surface area contributed by atoms with E-state index in [-0.39, 0.29) is 24.7 Å². The van der Waals surface area contributed by atoms with Gasteiger partial charge >= 0.3 is 12.1 Å². The number of benzene rings is 2. The Hall–Kier alpha value is -4.37. The number of hydrogen-bond donors (Lipinski definition) is 4. The highest BCUT2D eigenvalue weighted by atomic mass is 32.1. The summed E-state index contributed by atoms with van der Waals surface area (Å²) in [5.41, 5.74) is 1.47. The third kappa shape index (κ3) is 9.59. The Bertz CT molecular complexity index is 1850. The van der Waals surface area contributed by atoms with Crippen molar-refractivity contribution >= 4 is 47.9 Å². The molecule has 2 aromatic rings. The highest BCUT2D eigenvalue weighted by Crippen LogP contribution is 2.49. The number of thiol groups is 1. The molecule has 14 heteroatoms. The number of carbonyl (C=O) groups excluding carboxylic acids is 4. The van der Waals surface area contributed by atoms with E-state index in [9.17, 15) is 24.3 Å². The van der Waals surface area contributed by atoms with Crippen LogP contribution in [0.3, 0.4) is 0 Å². The molecule has 7 atom stereocenters. The fourth-order valence-electron chi connectivity index (χ4n) is 7.41. The lowest BCUT2D eigenvalue weighted by Crippen LogP contribution is -2.63. The second kappa shape index (κ2) is 17.8. The van der Waals surface area contributed by atoms with Gasteiger partial charge in [0.25, 0.3) is 0 Å². The molecule has 3 heterocycles. The van der Waals surface area contributed by atoms with Crippen LogP contribution in [0, 0.1) is 11.8 Å². The van der Waals surface area contributed by atoms with Gasteiger partial charge in [0.2, 0.25) is 11.8 Å². The van der Waals surface area contributed by atoms with E-state index in [1.165, 1.54) is 7.11 Å². The predicted octanol–water partition coefficient (Wildman–Crippen LogP) is 5.99. The monoisotopic (exact) mass is 793 g/mol. The number of epoxide rings is 1. The largest absolute Gasteiger partial charge is 0.496 e. The van der Waals surface area contributed by atoms with E-state index in [0.29, 0.717) is 47.7 Å². The Balaban J connectivity index is 1.60. The van der Waals surface area contributed by atoms with E-state index in [1.807, 2.05) is 44.2 Å². The molecule has 5 rings (SSSR count). The van der Waals surface area contributed by atoms with Crippen LogP contribution in [0.2, 0.25) is 0 Å². The van der Waals surface area contributed by atoms with Crippen molar-refractivity contribution in [2.24, 2.45) is 11.8 Å². The molecule has 13 nitrogen and oxygen atoms in total. The fourth-order valence-corrected chi connectivity index (χ4v) is 7.56. The average molecular weight is 794 g/mol. The van der Waals surface area contributed by atoms with Crippen molar-refractivity contribution in [3.05, 3.63) is 65.8 Å². The Morgan fingerprint density at radius 2 is 1.88 bits per heavy atom. The number of methoxy groups -OCH3 is 2. The van der Waals surface area contributed by atoms with E-state index in [4.69, 9.17) is 23.7 Å². The smallest absolute Gasteiger partial charge is 0.409 e. The molecule has 0 radical (unpaired) electrons. The Morgan fingerprint density at radius 1 is 1.16 bits per heavy atom. The zero-order valence-corrected chi connectivity index (χ0v) is 34.3. The second-order valence-corrected chi connectivity index (χ2v) is 15.8. The Kier molecular flexibility index (Phi) is 13.6. The van der Waals surface area contributed by atoms with Gasteiger partial charge < -0.3 is 39.0 Å². The lowest BCUT2D eigenvalue weighted by Gasteiger charge is -2.42. The number of nitrogens with one attached hydrogen (secondary N) is 2. The zero-order chi connectivity index (χ0) is 40.9. The maximum atomic E-state index is 14.5. The Morgan fingerprint density at radius 3 is 2.52 bits per heavy atom. The van der Waals surface area contributed by atoms with E-state index < -0.39 is 59.6 Å². The van der Waals surface area contributed by atoms with Crippen LogP contribution in [0.5, 0.6) is 5.75 Å². The predicted molar refractivity (Wildman–Crippen MR) is 216 cm³/mol. The maximum absolute atomic E-state index is 14.5. The van der Waals surface area contributed by atoms with Crippen molar-refractivity contribution in [3.8, 4) is 16.9 Å². The molecule has 0 spiro atoms. The summed E-state index contributed by atoms with van der Waals surface area (Å²) in [5, 5.41) is 17.2. The summed E-state index contributed by atoms with van der Waals surface area (Å²) in [5.74, 6) is -0.751. The van der Waals surface area contributed by atoms with Gasteiger partial charge in [0.15, 0.2) is 5.72 Å². The number of ether oxygens (including phenoxy) is 5. The van der Waals surface area contributed by atoms with Crippen LogP contribution in [-0.4, -0.2) is 91.7 Å². The summed E-state index contributed by atoms with van der Waals surface area (Å²) in [4.78, 5) is 54.4. The minimum atomic E-state index is -1.80. The van der Waals surface area contributed by atoms with Gasteiger partial charge in [0.1, 0.15) is 29.7 Å². The first-order valence-corrected chi connectivity index (χ1v) is 19.6. The third-order valence-electron chi connectivity index (χ3n) is 10.8. The van der Waals surface area contributed by atoms with Crippen LogP contribution in [0.1, 0.15) is 65.9 Å². The number of allylic oxidation sites excluding steroid dienone is 3. The summed E-state index contributed by atoms with van der Waals surface area (Å²) in [6.07, 6.45) is 2.48. The van der Waals surface area contributed by atoms with Gasteiger partial charge in [0, 0.05) is 44.2 Å². The second-order valence-electron chi connectivity index (χ2n) is 15.4. The molecule has 56 heavy (non-hydrogen) atoms. The van der Waals surface area contributed by atoms with Crippen LogP contribution in [0.15, 0.2) is 60.2 Å². The van der Waals surface area contributed by atoms with E-state index in [1.54, 1.807) is 64.1 Å². The number of hydrogen-bond acceptors (Lipinski definition) is 11. The van der Waals surface area contributed by atoms with E-state index in [2.05, 4.69) is 23.3 Å². The van der Waals surface area contributed by atoms with Crippen LogP contribution < -0.4 is 20.3 Å². The first-order chi connectivity index (χ1) is 26.5. The number of fused-ring (bicyclic) bond motifs is 5. The van der Waals surface area contributed by atoms with Crippen molar-refractivity contribution < 1.29 is 48.0 Å². The van der Waals surface area contributed by atoms with Crippen LogP contribution in [0.25, 0.3) is 11.1 Å². The minimum Gasteiger partial charge on any atom is -0.496 e. The molecule has 4 bridgehead atoms. The molecular weight excluding hydrogens is 739 g/mol. The molecule has 3 N–H and O–H groups in total. The van der Waals surface area contributed by atoms with Crippen LogP contribution >= 0.6 is 12.6 Å². The number of carbonyl (C=O) groups is 4. The van der Waals surface area contributed by atoms with Gasteiger partial charge in [-0.3, -0.25) is 19.7 Å². The number of nitrogens with zero attached hydrogens (tertiary/aromatic N) is 1. The first-order valence-electron chi connectivity index (χ1n) is 19.0. The minimum absolute atomic E-state index is 0.0165. The van der Waals surface area contributed by atoms with Gasteiger partial charge in [-0.25, -0.2) is 4.79 Å². The topological polar surface area (TPSA) is 165 Å². The molecule has 0 saturated carbocycles. The average Bonchev–Trinajstić information content (AvgIpc) is 3.85. The van der Waals surface area contributed by atoms with Crippen molar-refractivity contribution in [2.75, 3.05) is 37.2 Å². The van der Waals surface area contributed by atoms with Crippen molar-refractivity contribution in [1.82, 2.24) is 5.32 Å². The molecule has 0 aromatic heterocycles. The van der Waals surface area contributed by atoms with Gasteiger partial charge in [-0.15, -0.1) is 0 Å². The number of aliphatic hydroxyl groups is 1. The molecule has 3 aliphatic rings. The summed E-state index contributed by atoms with van der Waals surface area (Å²) in [6.45, 7) is 9.00. The van der Waals surface area contributed by atoms with Crippen molar-refractivity contribution in [1.29, 1.82) is 0 Å². The van der Waals surface area contributed by atoms with Gasteiger partial charge in [-0.1, -0.05) is 56.7 Å². The maximum Gasteiger partial charge on any atom is 0.409 e. The zero-order valence-electron chi connectivity index (χ0n) is 33.4. The molecule has 2 saturated heterocycles. The highest BCUT2D eigenvalue weighted by Gasteiger charge is 2.64. The number of esters is 1. The third-order valence-corrected chi connectivity index (χ3v) is 11.1. The first kappa shape index (κ1) is 42.8. The van der Waals surface area contributed by atoms with Crippen LogP contribution in [-0.2, 0) is 39.8 Å². The molecular formula is C42H55N3O10S. The highest BCUT2D eigenvalue weighted by molar-refractivity contribution is 7.80. The van der Waals surface area contributed by atoms with E-state index in [0.717, 1.165) is 16.7 Å². The number of alkyl carbamates (subject to hydrolysis) is 1. The number of rotatable bonds is 9. The van der Waals surface area contributed by atoms with Gasteiger partial charge in [-0.05, 0) is 67.8 Å². The Labute approximate surface area is 334 Å². The summed E-state index contributed by atoms with van der Waals surface area (Å²) < 4.78 is 29.7. The van der Waals surface area contributed by atoms with Crippen molar-refractivity contribution in [3.63, 3.8) is 0 Å². The molecule has 0 aliphatic carbocycles. The van der Waals surface area contributed by atoms with E-state index >= 15 is 0 Å². The summed E-state index contributed by atoms with van der Waals surface area (Å²) in [7, 11) is 4.69. The van der Waals surface area contributed by atoms with Gasteiger partial charge in [-0.2, -0.15) is 12.6 Å². The van der Waals surface area contributed by atoms with Gasteiger partial charge in [0.05, 0.1) is 31.2 Å². The normalized spacial score (nSPS) is 29.6. The lowest BCUT2D eigenvalue weighted by atomic mass is 9.83.